The summed E-state index contributed by atoms with van der Waals surface area (Å²) in [5, 5.41) is 6.47. The zero-order valence-corrected chi connectivity index (χ0v) is 10.9. The fourth-order valence-electron chi connectivity index (χ4n) is 1.59. The van der Waals surface area contributed by atoms with Crippen LogP contribution < -0.4 is 11.1 Å². The number of hydrogen-bond acceptors (Lipinski definition) is 4. The van der Waals surface area contributed by atoms with E-state index in [0.29, 0.717) is 0 Å². The number of nitrogen functional groups attached to an aromatic ring is 1. The average molecular weight is 247 g/mol. The largest absolute Gasteiger partial charge is 0.399 e. The molecule has 3 nitrogen and oxygen atoms in total. The lowest BCUT2D eigenvalue weighted by Gasteiger charge is -2.13. The van der Waals surface area contributed by atoms with E-state index in [1.807, 2.05) is 24.3 Å². The van der Waals surface area contributed by atoms with Crippen molar-refractivity contribution >= 4 is 22.2 Å². The van der Waals surface area contributed by atoms with E-state index in [1.165, 1.54) is 5.56 Å². The Bertz CT molecular complexity index is 476. The molecule has 1 unspecified atom stereocenters. The van der Waals surface area contributed by atoms with Crippen molar-refractivity contribution in [2.45, 2.75) is 26.3 Å². The van der Waals surface area contributed by atoms with Crippen LogP contribution in [0.1, 0.15) is 31.1 Å². The summed E-state index contributed by atoms with van der Waals surface area (Å²) in [6, 6.07) is 8.17. The molecule has 17 heavy (non-hydrogen) atoms. The smallest absolute Gasteiger partial charge is 0.183 e. The highest BCUT2D eigenvalue weighted by Gasteiger charge is 2.07. The zero-order valence-electron chi connectivity index (χ0n) is 10.1. The van der Waals surface area contributed by atoms with E-state index < -0.39 is 0 Å². The van der Waals surface area contributed by atoms with Crippen molar-refractivity contribution in [2.24, 2.45) is 0 Å². The SMILES string of the molecule is CCc1csc(NC(C)c2ccc(N)cc2)n1. The maximum atomic E-state index is 5.67. The van der Waals surface area contributed by atoms with Crippen molar-refractivity contribution in [3.63, 3.8) is 0 Å². The third-order valence-electron chi connectivity index (χ3n) is 2.69. The third-order valence-corrected chi connectivity index (χ3v) is 3.51. The molecule has 0 saturated heterocycles. The lowest BCUT2D eigenvalue weighted by molar-refractivity contribution is 0.878. The minimum atomic E-state index is 0.242. The number of hydrogen-bond donors (Lipinski definition) is 2. The van der Waals surface area contributed by atoms with Gasteiger partial charge >= 0.3 is 0 Å². The molecule has 0 saturated carbocycles. The van der Waals surface area contributed by atoms with Gasteiger partial charge in [-0.1, -0.05) is 19.1 Å². The molecular formula is C13H17N3S. The molecule has 1 aromatic heterocycles. The van der Waals surface area contributed by atoms with Gasteiger partial charge in [0, 0.05) is 11.1 Å². The highest BCUT2D eigenvalue weighted by atomic mass is 32.1. The van der Waals surface area contributed by atoms with Crippen LogP contribution in [0.2, 0.25) is 0 Å². The number of nitrogens with one attached hydrogen (secondary N) is 1. The molecule has 0 bridgehead atoms. The number of anilines is 2. The van der Waals surface area contributed by atoms with E-state index >= 15 is 0 Å². The summed E-state index contributed by atoms with van der Waals surface area (Å²) in [5.74, 6) is 0. The van der Waals surface area contributed by atoms with Crippen molar-refractivity contribution in [3.05, 3.63) is 40.9 Å². The first-order chi connectivity index (χ1) is 8.19. The van der Waals surface area contributed by atoms with E-state index in [9.17, 15) is 0 Å². The lowest BCUT2D eigenvalue weighted by Crippen LogP contribution is -2.06. The Morgan fingerprint density at radius 3 is 2.65 bits per heavy atom. The van der Waals surface area contributed by atoms with Crippen molar-refractivity contribution < 1.29 is 0 Å². The minimum Gasteiger partial charge on any atom is -0.399 e. The molecule has 0 aliphatic heterocycles. The topological polar surface area (TPSA) is 50.9 Å². The summed E-state index contributed by atoms with van der Waals surface area (Å²) in [6.07, 6.45) is 0.981. The van der Waals surface area contributed by atoms with Crippen LogP contribution in [0.3, 0.4) is 0 Å². The summed E-state index contributed by atoms with van der Waals surface area (Å²) in [6.45, 7) is 4.24. The van der Waals surface area contributed by atoms with Crippen molar-refractivity contribution in [2.75, 3.05) is 11.1 Å². The van der Waals surface area contributed by atoms with Gasteiger partial charge < -0.3 is 11.1 Å². The minimum absolute atomic E-state index is 0.242. The van der Waals surface area contributed by atoms with Gasteiger partial charge in [-0.25, -0.2) is 4.98 Å². The molecule has 0 fully saturated rings. The first-order valence-corrected chi connectivity index (χ1v) is 6.63. The Balaban J connectivity index is 2.05. The zero-order chi connectivity index (χ0) is 12.3. The second-order valence-corrected chi connectivity index (χ2v) is 4.89. The Hall–Kier alpha value is -1.55. The van der Waals surface area contributed by atoms with Gasteiger partial charge in [0.2, 0.25) is 0 Å². The maximum absolute atomic E-state index is 5.67. The highest BCUT2D eigenvalue weighted by molar-refractivity contribution is 7.13. The molecule has 4 heteroatoms. The molecular weight excluding hydrogens is 230 g/mol. The van der Waals surface area contributed by atoms with E-state index in [2.05, 4.69) is 29.5 Å². The van der Waals surface area contributed by atoms with E-state index in [0.717, 1.165) is 22.9 Å². The second-order valence-electron chi connectivity index (χ2n) is 4.03. The number of benzene rings is 1. The van der Waals surface area contributed by atoms with E-state index in [4.69, 9.17) is 5.73 Å². The fraction of sp³-hybridized carbons (Fsp3) is 0.308. The lowest BCUT2D eigenvalue weighted by atomic mass is 10.1. The van der Waals surface area contributed by atoms with Crippen molar-refractivity contribution in [3.8, 4) is 0 Å². The number of aryl methyl sites for hydroxylation is 1. The first kappa shape index (κ1) is 11.9. The van der Waals surface area contributed by atoms with Gasteiger partial charge in [0.25, 0.3) is 0 Å². The molecule has 0 aliphatic carbocycles. The Morgan fingerprint density at radius 2 is 2.06 bits per heavy atom. The van der Waals surface area contributed by atoms with Crippen LogP contribution in [0.25, 0.3) is 0 Å². The van der Waals surface area contributed by atoms with Crippen LogP contribution in [0.15, 0.2) is 29.6 Å². The molecule has 0 amide bonds. The Kier molecular flexibility index (Phi) is 3.64. The van der Waals surface area contributed by atoms with Gasteiger partial charge in [-0.15, -0.1) is 11.3 Å². The monoisotopic (exact) mass is 247 g/mol. The second kappa shape index (κ2) is 5.19. The molecule has 0 aliphatic rings. The van der Waals surface area contributed by atoms with Crippen molar-refractivity contribution in [1.29, 1.82) is 0 Å². The van der Waals surface area contributed by atoms with Crippen LogP contribution in [-0.4, -0.2) is 4.98 Å². The Labute approximate surface area is 106 Å². The van der Waals surface area contributed by atoms with Gasteiger partial charge in [-0.3, -0.25) is 0 Å². The molecule has 1 aromatic carbocycles. The highest BCUT2D eigenvalue weighted by Crippen LogP contribution is 2.23. The summed E-state index contributed by atoms with van der Waals surface area (Å²) >= 11 is 1.65. The predicted molar refractivity (Wildman–Crippen MR) is 74.4 cm³/mol. The van der Waals surface area contributed by atoms with Gasteiger partial charge in [0.15, 0.2) is 5.13 Å². The molecule has 3 N–H and O–H groups in total. The molecule has 0 spiro atoms. The summed E-state index contributed by atoms with van der Waals surface area (Å²) in [7, 11) is 0. The van der Waals surface area contributed by atoms with Crippen LogP contribution in [-0.2, 0) is 6.42 Å². The molecule has 1 atom stereocenters. The van der Waals surface area contributed by atoms with Crippen LogP contribution in [0, 0.1) is 0 Å². The van der Waals surface area contributed by atoms with Gasteiger partial charge in [-0.2, -0.15) is 0 Å². The number of thiazole rings is 1. The number of nitrogens with two attached hydrogens (primary N) is 1. The summed E-state index contributed by atoms with van der Waals surface area (Å²) < 4.78 is 0. The quantitative estimate of drug-likeness (QED) is 0.813. The summed E-state index contributed by atoms with van der Waals surface area (Å²) in [4.78, 5) is 4.49. The van der Waals surface area contributed by atoms with E-state index in [-0.39, 0.29) is 6.04 Å². The van der Waals surface area contributed by atoms with Crippen molar-refractivity contribution in [1.82, 2.24) is 4.98 Å². The normalized spacial score (nSPS) is 12.4. The first-order valence-electron chi connectivity index (χ1n) is 5.75. The van der Waals surface area contributed by atoms with E-state index in [1.54, 1.807) is 11.3 Å². The number of nitrogens with zero attached hydrogens (tertiary/aromatic N) is 1. The number of rotatable bonds is 4. The average Bonchev–Trinajstić information content (AvgIpc) is 2.77. The fourth-order valence-corrected chi connectivity index (χ4v) is 2.47. The van der Waals surface area contributed by atoms with Gasteiger partial charge in [0.05, 0.1) is 11.7 Å². The maximum Gasteiger partial charge on any atom is 0.183 e. The van der Waals surface area contributed by atoms with Gasteiger partial charge in [-0.05, 0) is 31.0 Å². The van der Waals surface area contributed by atoms with Crippen LogP contribution in [0.4, 0.5) is 10.8 Å². The molecule has 2 rings (SSSR count). The molecule has 0 radical (unpaired) electrons. The molecule has 90 valence electrons. The standard InChI is InChI=1S/C13H17N3S/c1-3-12-8-17-13(16-12)15-9(2)10-4-6-11(14)7-5-10/h4-9H,3,14H2,1-2H3,(H,15,16). The Morgan fingerprint density at radius 1 is 1.35 bits per heavy atom. The van der Waals surface area contributed by atoms with Crippen LogP contribution >= 0.6 is 11.3 Å². The molecule has 1 heterocycles. The predicted octanol–water partition coefficient (Wildman–Crippen LogP) is 3.46. The summed E-state index contributed by atoms with van der Waals surface area (Å²) in [5.41, 5.74) is 8.82. The third kappa shape index (κ3) is 2.97. The van der Waals surface area contributed by atoms with Gasteiger partial charge in [0.1, 0.15) is 0 Å². The van der Waals surface area contributed by atoms with Crippen LogP contribution in [0.5, 0.6) is 0 Å². The molecule has 2 aromatic rings. The number of aromatic nitrogens is 1.